The van der Waals surface area contributed by atoms with Crippen LogP contribution >= 0.6 is 8.25 Å². The average molecular weight is 136 g/mol. The van der Waals surface area contributed by atoms with E-state index in [-0.39, 0.29) is 6.47 Å². The van der Waals surface area contributed by atoms with Crippen LogP contribution in [0.1, 0.15) is 0 Å². The second kappa shape index (κ2) is 4.40. The number of carbonyl (C=O) groups is 1. The molecule has 0 aromatic heterocycles. The van der Waals surface area contributed by atoms with Gasteiger partial charge in [0, 0.05) is 0 Å². The molecule has 0 spiro atoms. The second-order valence-electron chi connectivity index (χ2n) is 0.749. The predicted molar refractivity (Wildman–Crippen MR) is 27.4 cm³/mol. The number of rotatable bonds is 4. The molecule has 0 fully saturated rings. The van der Waals surface area contributed by atoms with Gasteiger partial charge >= 0.3 is 8.25 Å². The minimum absolute atomic E-state index is 0.0603. The van der Waals surface area contributed by atoms with Crippen molar-refractivity contribution in [2.24, 2.45) is 0 Å². The maximum Gasteiger partial charge on any atom is 0.420 e. The van der Waals surface area contributed by atoms with E-state index in [0.29, 0.717) is 0 Å². The van der Waals surface area contributed by atoms with Gasteiger partial charge < -0.3 is 9.05 Å². The molecule has 8 heavy (non-hydrogen) atoms. The highest BCUT2D eigenvalue weighted by Gasteiger charge is 1.90. The van der Waals surface area contributed by atoms with Crippen molar-refractivity contribution in [3.63, 3.8) is 0 Å². The molecule has 0 aliphatic heterocycles. The summed E-state index contributed by atoms with van der Waals surface area (Å²) in [6.07, 6.45) is 0.949. The van der Waals surface area contributed by atoms with Crippen molar-refractivity contribution < 1.29 is 18.4 Å². The van der Waals surface area contributed by atoms with E-state index in [1.54, 1.807) is 0 Å². The molecule has 0 radical (unpaired) electrons. The van der Waals surface area contributed by atoms with Crippen molar-refractivity contribution in [1.29, 1.82) is 0 Å². The molecule has 0 bridgehead atoms. The Morgan fingerprint density at radius 2 is 2.12 bits per heavy atom. The van der Waals surface area contributed by atoms with E-state index in [1.807, 2.05) is 0 Å². The third kappa shape index (κ3) is 3.43. The third-order valence-electron chi connectivity index (χ3n) is 0.324. The van der Waals surface area contributed by atoms with Gasteiger partial charge in [-0.2, -0.15) is 0 Å². The molecule has 0 amide bonds. The van der Waals surface area contributed by atoms with Crippen molar-refractivity contribution >= 4 is 14.7 Å². The summed E-state index contributed by atoms with van der Waals surface area (Å²) >= 11 is 0. The quantitative estimate of drug-likeness (QED) is 0.324. The number of hydrogen-bond acceptors (Lipinski definition) is 4. The fourth-order valence-corrected chi connectivity index (χ4v) is 0.405. The molecule has 0 N–H and O–H groups in total. The van der Waals surface area contributed by atoms with E-state index in [0.717, 1.165) is 6.26 Å². The van der Waals surface area contributed by atoms with Gasteiger partial charge in [0.1, 0.15) is 0 Å². The van der Waals surface area contributed by atoms with Gasteiger partial charge in [0.25, 0.3) is 6.47 Å². The van der Waals surface area contributed by atoms with E-state index < -0.39 is 8.25 Å². The van der Waals surface area contributed by atoms with Crippen molar-refractivity contribution in [3.8, 4) is 0 Å². The van der Waals surface area contributed by atoms with Crippen LogP contribution in [0.25, 0.3) is 0 Å². The van der Waals surface area contributed by atoms with Crippen LogP contribution in [-0.2, 0) is 18.4 Å². The maximum atomic E-state index is 10.1. The molecule has 0 aliphatic carbocycles. The zero-order valence-electron chi connectivity index (χ0n) is 3.99. The van der Waals surface area contributed by atoms with Crippen LogP contribution in [0.3, 0.4) is 0 Å². The monoisotopic (exact) mass is 136 g/mol. The van der Waals surface area contributed by atoms with Crippen LogP contribution in [0.4, 0.5) is 0 Å². The second-order valence-corrected chi connectivity index (χ2v) is 1.72. The fraction of sp³-hybridized carbons (Fsp3) is 0. The lowest BCUT2D eigenvalue weighted by molar-refractivity contribution is -0.120. The van der Waals surface area contributed by atoms with E-state index in [2.05, 4.69) is 15.6 Å². The van der Waals surface area contributed by atoms with Crippen LogP contribution in [0.15, 0.2) is 12.8 Å². The third-order valence-corrected chi connectivity index (χ3v) is 0.972. The highest BCUT2D eigenvalue weighted by molar-refractivity contribution is 7.34. The highest BCUT2D eigenvalue weighted by Crippen LogP contribution is 2.21. The Hall–Kier alpha value is -0.760. The van der Waals surface area contributed by atoms with E-state index in [1.165, 1.54) is 0 Å². The topological polar surface area (TPSA) is 52.6 Å². The largest absolute Gasteiger partial charge is 0.427 e. The van der Waals surface area contributed by atoms with E-state index in [4.69, 9.17) is 0 Å². The van der Waals surface area contributed by atoms with Crippen molar-refractivity contribution in [1.82, 2.24) is 0 Å². The first-order valence-corrected chi connectivity index (χ1v) is 2.95. The summed E-state index contributed by atoms with van der Waals surface area (Å²) in [7, 11) is -2.63. The van der Waals surface area contributed by atoms with Gasteiger partial charge in [0.2, 0.25) is 0 Å². The van der Waals surface area contributed by atoms with Gasteiger partial charge in [-0.05, 0) is 0 Å². The lowest BCUT2D eigenvalue weighted by Gasteiger charge is -1.93. The molecule has 0 heterocycles. The molecule has 46 valence electrons. The molecular formula is C3H5O4P. The molecule has 0 aromatic carbocycles. The molecule has 4 nitrogen and oxygen atoms in total. The first-order chi connectivity index (χ1) is 3.81. The van der Waals surface area contributed by atoms with Gasteiger partial charge in [-0.3, -0.25) is 4.79 Å². The predicted octanol–water partition coefficient (Wildman–Crippen LogP) is 0.709. The Morgan fingerprint density at radius 3 is 2.50 bits per heavy atom. The van der Waals surface area contributed by atoms with Crippen LogP contribution in [0.2, 0.25) is 0 Å². The summed E-state index contributed by atoms with van der Waals surface area (Å²) < 4.78 is 18.1. The molecule has 0 saturated carbocycles. The lowest BCUT2D eigenvalue weighted by Crippen LogP contribution is -1.72. The van der Waals surface area contributed by atoms with Crippen LogP contribution in [-0.4, -0.2) is 6.47 Å². The van der Waals surface area contributed by atoms with Gasteiger partial charge in [-0.1, -0.05) is 6.58 Å². The summed E-state index contributed by atoms with van der Waals surface area (Å²) in [5, 5.41) is 0. The van der Waals surface area contributed by atoms with Crippen molar-refractivity contribution in [3.05, 3.63) is 12.8 Å². The normalized spacial score (nSPS) is 11.5. The molecule has 0 saturated heterocycles. The summed E-state index contributed by atoms with van der Waals surface area (Å²) in [5.74, 6) is 0. The van der Waals surface area contributed by atoms with Crippen molar-refractivity contribution in [2.75, 3.05) is 0 Å². The fourth-order valence-electron chi connectivity index (χ4n) is 0.135. The highest BCUT2D eigenvalue weighted by atomic mass is 31.1. The summed E-state index contributed by atoms with van der Waals surface area (Å²) in [5.41, 5.74) is 0. The standard InChI is InChI=1S/C3H5O4P/c1-2-6-8(5)7-3-4/h2-3,8H,1H2. The number of hydrogen-bond donors (Lipinski definition) is 0. The van der Waals surface area contributed by atoms with Gasteiger partial charge in [-0.25, -0.2) is 4.57 Å². The lowest BCUT2D eigenvalue weighted by atomic mass is 11.2. The van der Waals surface area contributed by atoms with Crippen LogP contribution < -0.4 is 0 Å². The summed E-state index contributed by atoms with van der Waals surface area (Å²) in [6, 6.07) is 0. The molecule has 1 atom stereocenters. The molecular weight excluding hydrogens is 131 g/mol. The Labute approximate surface area is 47.0 Å². The van der Waals surface area contributed by atoms with Crippen molar-refractivity contribution in [2.45, 2.75) is 0 Å². The SMILES string of the molecule is C=CO[PH](=O)OC=O. The number of carbonyl (C=O) groups excluding carboxylic acids is 1. The zero-order valence-corrected chi connectivity index (χ0v) is 4.99. The zero-order chi connectivity index (χ0) is 6.41. The molecule has 0 aromatic rings. The molecule has 0 rings (SSSR count). The van der Waals surface area contributed by atoms with E-state index >= 15 is 0 Å². The molecule has 5 heteroatoms. The Morgan fingerprint density at radius 1 is 1.50 bits per heavy atom. The minimum Gasteiger partial charge on any atom is -0.427 e. The van der Waals surface area contributed by atoms with Gasteiger partial charge in [0.15, 0.2) is 0 Å². The maximum absolute atomic E-state index is 10.1. The van der Waals surface area contributed by atoms with Gasteiger partial charge in [-0.15, -0.1) is 0 Å². The first-order valence-electron chi connectivity index (χ1n) is 1.73. The Balaban J connectivity index is 3.32. The summed E-state index contributed by atoms with van der Waals surface area (Å²) in [6.45, 7) is 3.15. The molecule has 0 aliphatic rings. The van der Waals surface area contributed by atoms with Gasteiger partial charge in [0.05, 0.1) is 6.26 Å². The first kappa shape index (κ1) is 7.24. The smallest absolute Gasteiger partial charge is 0.420 e. The Kier molecular flexibility index (Phi) is 3.98. The Bertz CT molecular complexity index is 97.9. The van der Waals surface area contributed by atoms with E-state index in [9.17, 15) is 9.36 Å². The van der Waals surface area contributed by atoms with Crippen LogP contribution in [0, 0.1) is 0 Å². The molecule has 1 unspecified atom stereocenters. The van der Waals surface area contributed by atoms with Crippen LogP contribution in [0.5, 0.6) is 0 Å². The summed E-state index contributed by atoms with van der Waals surface area (Å²) in [4.78, 5) is 9.38. The minimum atomic E-state index is -2.63. The average Bonchev–Trinajstić information content (AvgIpc) is 1.68.